The van der Waals surface area contributed by atoms with Gasteiger partial charge in [-0.3, -0.25) is 0 Å². The van der Waals surface area contributed by atoms with Gasteiger partial charge in [0, 0.05) is 12.1 Å². The Labute approximate surface area is 105 Å². The molecule has 2 aromatic rings. The van der Waals surface area contributed by atoms with Gasteiger partial charge in [-0.2, -0.15) is 0 Å². The van der Waals surface area contributed by atoms with Gasteiger partial charge in [-0.05, 0) is 47.9 Å². The number of anilines is 1. The van der Waals surface area contributed by atoms with Gasteiger partial charge in [0.2, 0.25) is 0 Å². The molecule has 0 saturated heterocycles. The highest BCUT2D eigenvalue weighted by Gasteiger charge is 2.06. The predicted molar refractivity (Wildman–Crippen MR) is 71.1 cm³/mol. The highest BCUT2D eigenvalue weighted by Crippen LogP contribution is 2.28. The Balaban J connectivity index is 2.50. The van der Waals surface area contributed by atoms with E-state index >= 15 is 0 Å². The fourth-order valence-electron chi connectivity index (χ4n) is 1.84. The maximum absolute atomic E-state index is 13.7. The number of halogens is 2. The summed E-state index contributed by atoms with van der Waals surface area (Å²) in [4.78, 5) is 0. The number of hydrogen-bond acceptors (Lipinski definition) is 1. The van der Waals surface area contributed by atoms with Crippen molar-refractivity contribution >= 4 is 17.3 Å². The second-order valence-corrected chi connectivity index (χ2v) is 4.34. The number of rotatable bonds is 2. The predicted octanol–water partition coefficient (Wildman–Crippen LogP) is 4.50. The van der Waals surface area contributed by atoms with Crippen LogP contribution in [-0.4, -0.2) is 7.05 Å². The second-order valence-electron chi connectivity index (χ2n) is 3.90. The van der Waals surface area contributed by atoms with Crippen molar-refractivity contribution in [3.05, 3.63) is 52.8 Å². The first-order valence-electron chi connectivity index (χ1n) is 5.35. The van der Waals surface area contributed by atoms with Crippen molar-refractivity contribution in [2.24, 2.45) is 0 Å². The van der Waals surface area contributed by atoms with Crippen molar-refractivity contribution in [1.82, 2.24) is 0 Å². The van der Waals surface area contributed by atoms with E-state index in [1.807, 2.05) is 31.2 Å². The minimum absolute atomic E-state index is 0.251. The van der Waals surface area contributed by atoms with Gasteiger partial charge in [0.15, 0.2) is 0 Å². The lowest BCUT2D eigenvalue weighted by Crippen LogP contribution is -1.93. The molecule has 0 fully saturated rings. The van der Waals surface area contributed by atoms with Crippen LogP contribution in [0.25, 0.3) is 11.1 Å². The molecule has 0 aliphatic rings. The molecule has 2 aromatic carbocycles. The third-order valence-corrected chi connectivity index (χ3v) is 2.97. The van der Waals surface area contributed by atoms with Gasteiger partial charge in [0.05, 0.1) is 5.69 Å². The Bertz CT molecular complexity index is 552. The monoisotopic (exact) mass is 249 g/mol. The van der Waals surface area contributed by atoms with Gasteiger partial charge >= 0.3 is 0 Å². The van der Waals surface area contributed by atoms with Gasteiger partial charge in [-0.15, -0.1) is 0 Å². The molecule has 0 amide bonds. The molecule has 0 bridgehead atoms. The molecule has 0 heterocycles. The minimum atomic E-state index is -0.251. The number of hydrogen-bond donors (Lipinski definition) is 1. The summed E-state index contributed by atoms with van der Waals surface area (Å²) in [6, 6.07) is 10.8. The fourth-order valence-corrected chi connectivity index (χ4v) is 2.06. The van der Waals surface area contributed by atoms with Gasteiger partial charge in [0.25, 0.3) is 0 Å². The van der Waals surface area contributed by atoms with E-state index in [-0.39, 0.29) is 5.82 Å². The first kappa shape index (κ1) is 11.9. The summed E-state index contributed by atoms with van der Waals surface area (Å²) in [6.45, 7) is 1.96. The molecule has 0 spiro atoms. The van der Waals surface area contributed by atoms with E-state index in [0.29, 0.717) is 10.7 Å². The first-order chi connectivity index (χ1) is 8.11. The molecule has 2 rings (SSSR count). The molecule has 0 aromatic heterocycles. The number of aryl methyl sites for hydroxylation is 1. The molecule has 0 aliphatic carbocycles. The molecule has 0 atom stereocenters. The van der Waals surface area contributed by atoms with Crippen molar-refractivity contribution in [3.8, 4) is 11.1 Å². The van der Waals surface area contributed by atoms with E-state index < -0.39 is 0 Å². The zero-order valence-corrected chi connectivity index (χ0v) is 10.5. The molecule has 0 aliphatic heterocycles. The standard InChI is InChI=1S/C14H13ClFN/c1-9-7-11(15)4-5-12(9)10-3-6-14(17-2)13(16)8-10/h3-8,17H,1-2H3. The molecule has 17 heavy (non-hydrogen) atoms. The van der Waals surface area contributed by atoms with Crippen LogP contribution in [0.2, 0.25) is 5.02 Å². The highest BCUT2D eigenvalue weighted by atomic mass is 35.5. The topological polar surface area (TPSA) is 12.0 Å². The summed E-state index contributed by atoms with van der Waals surface area (Å²) in [5, 5.41) is 3.49. The Morgan fingerprint density at radius 2 is 1.88 bits per heavy atom. The van der Waals surface area contributed by atoms with Crippen LogP contribution < -0.4 is 5.32 Å². The Morgan fingerprint density at radius 1 is 1.12 bits per heavy atom. The second kappa shape index (κ2) is 4.76. The summed E-state index contributed by atoms with van der Waals surface area (Å²) in [6.07, 6.45) is 0. The molecular formula is C14H13ClFN. The van der Waals surface area contributed by atoms with Crippen LogP contribution in [0.3, 0.4) is 0 Å². The van der Waals surface area contributed by atoms with E-state index in [1.54, 1.807) is 13.1 Å². The van der Waals surface area contributed by atoms with Crippen LogP contribution in [0.1, 0.15) is 5.56 Å². The van der Waals surface area contributed by atoms with Crippen molar-refractivity contribution in [2.45, 2.75) is 6.92 Å². The maximum Gasteiger partial charge on any atom is 0.146 e. The molecule has 88 valence electrons. The van der Waals surface area contributed by atoms with Crippen LogP contribution in [0.4, 0.5) is 10.1 Å². The van der Waals surface area contributed by atoms with Crippen LogP contribution in [-0.2, 0) is 0 Å². The van der Waals surface area contributed by atoms with Gasteiger partial charge in [0.1, 0.15) is 5.82 Å². The summed E-state index contributed by atoms with van der Waals surface area (Å²) >= 11 is 5.90. The number of benzene rings is 2. The Hall–Kier alpha value is -1.54. The van der Waals surface area contributed by atoms with Gasteiger partial charge in [-0.25, -0.2) is 4.39 Å². The average molecular weight is 250 g/mol. The van der Waals surface area contributed by atoms with Crippen LogP contribution in [0.15, 0.2) is 36.4 Å². The quantitative estimate of drug-likeness (QED) is 0.827. The van der Waals surface area contributed by atoms with Crippen LogP contribution >= 0.6 is 11.6 Å². The third-order valence-electron chi connectivity index (χ3n) is 2.74. The lowest BCUT2D eigenvalue weighted by atomic mass is 10.0. The SMILES string of the molecule is CNc1ccc(-c2ccc(Cl)cc2C)cc1F. The lowest BCUT2D eigenvalue weighted by molar-refractivity contribution is 0.632. The molecule has 1 nitrogen and oxygen atoms in total. The maximum atomic E-state index is 13.7. The van der Waals surface area contributed by atoms with Crippen molar-refractivity contribution < 1.29 is 4.39 Å². The summed E-state index contributed by atoms with van der Waals surface area (Å²) in [7, 11) is 1.70. The first-order valence-corrected chi connectivity index (χ1v) is 5.73. The van der Waals surface area contributed by atoms with Crippen molar-refractivity contribution in [2.75, 3.05) is 12.4 Å². The van der Waals surface area contributed by atoms with Crippen molar-refractivity contribution in [1.29, 1.82) is 0 Å². The largest absolute Gasteiger partial charge is 0.386 e. The smallest absolute Gasteiger partial charge is 0.146 e. The van der Waals surface area contributed by atoms with Crippen molar-refractivity contribution in [3.63, 3.8) is 0 Å². The Kier molecular flexibility index (Phi) is 3.34. The molecule has 1 N–H and O–H groups in total. The molecule has 0 saturated carbocycles. The Morgan fingerprint density at radius 3 is 2.47 bits per heavy atom. The van der Waals surface area contributed by atoms with Crippen LogP contribution in [0, 0.1) is 12.7 Å². The summed E-state index contributed by atoms with van der Waals surface area (Å²) in [5.41, 5.74) is 3.39. The summed E-state index contributed by atoms with van der Waals surface area (Å²) < 4.78 is 13.7. The van der Waals surface area contributed by atoms with Crippen LogP contribution in [0.5, 0.6) is 0 Å². The average Bonchev–Trinajstić information content (AvgIpc) is 2.29. The molecule has 0 radical (unpaired) electrons. The molecule has 0 unspecified atom stereocenters. The zero-order valence-electron chi connectivity index (χ0n) is 9.72. The van der Waals surface area contributed by atoms with Gasteiger partial charge in [-0.1, -0.05) is 23.7 Å². The highest BCUT2D eigenvalue weighted by molar-refractivity contribution is 6.30. The zero-order chi connectivity index (χ0) is 12.4. The summed E-state index contributed by atoms with van der Waals surface area (Å²) in [5.74, 6) is -0.251. The van der Waals surface area contributed by atoms with Gasteiger partial charge < -0.3 is 5.32 Å². The lowest BCUT2D eigenvalue weighted by Gasteiger charge is -2.09. The van der Waals surface area contributed by atoms with E-state index in [2.05, 4.69) is 5.32 Å². The molecule has 3 heteroatoms. The molecular weight excluding hydrogens is 237 g/mol. The third kappa shape index (κ3) is 2.42. The minimum Gasteiger partial charge on any atom is -0.386 e. The van der Waals surface area contributed by atoms with E-state index in [0.717, 1.165) is 16.7 Å². The fraction of sp³-hybridized carbons (Fsp3) is 0.143. The van der Waals surface area contributed by atoms with E-state index in [4.69, 9.17) is 11.6 Å². The normalized spacial score (nSPS) is 10.4. The number of nitrogens with one attached hydrogen (secondary N) is 1. The van der Waals surface area contributed by atoms with E-state index in [1.165, 1.54) is 6.07 Å². The van der Waals surface area contributed by atoms with E-state index in [9.17, 15) is 4.39 Å².